The van der Waals surface area contributed by atoms with Crippen LogP contribution in [-0.4, -0.2) is 13.1 Å². The zero-order valence-corrected chi connectivity index (χ0v) is 12.9. The van der Waals surface area contributed by atoms with Gasteiger partial charge in [0.2, 0.25) is 0 Å². The third kappa shape index (κ3) is 2.42. The normalized spacial score (nSPS) is 15.4. The van der Waals surface area contributed by atoms with Gasteiger partial charge in [-0.3, -0.25) is 0 Å². The largest absolute Gasteiger partial charge is 0.369 e. The molecule has 19 heavy (non-hydrogen) atoms. The number of halogens is 1. The summed E-state index contributed by atoms with van der Waals surface area (Å²) in [7, 11) is 0. The third-order valence-electron chi connectivity index (χ3n) is 3.87. The van der Waals surface area contributed by atoms with Crippen LogP contribution < -0.4 is 4.90 Å². The van der Waals surface area contributed by atoms with Crippen molar-refractivity contribution >= 4 is 21.6 Å². The van der Waals surface area contributed by atoms with E-state index in [1.807, 2.05) is 0 Å². The fraction of sp³-hybridized carbons (Fsp3) is 0.294. The van der Waals surface area contributed by atoms with Gasteiger partial charge in [0.15, 0.2) is 0 Å². The molecule has 2 heteroatoms. The predicted octanol–water partition coefficient (Wildman–Crippen LogP) is 4.67. The fourth-order valence-corrected chi connectivity index (χ4v) is 3.83. The zero-order chi connectivity index (χ0) is 13.4. The highest BCUT2D eigenvalue weighted by Gasteiger charge is 2.30. The van der Waals surface area contributed by atoms with E-state index in [0.29, 0.717) is 5.92 Å². The Morgan fingerprint density at radius 2 is 1.74 bits per heavy atom. The van der Waals surface area contributed by atoms with Crippen molar-refractivity contribution in [2.45, 2.75) is 19.8 Å². The molecular weight excluding hydrogens is 298 g/mol. The first-order valence-electron chi connectivity index (χ1n) is 6.72. The van der Waals surface area contributed by atoms with Crippen LogP contribution in [0.3, 0.4) is 0 Å². The fourth-order valence-electron chi connectivity index (χ4n) is 2.91. The standard InChI is InChI=1S/C17H18BrN/c1-12-8-13(2)17(16(18)9-12)19-10-15(11-19)14-6-4-3-5-7-14/h3-9,15H,10-11H2,1-2H3. The summed E-state index contributed by atoms with van der Waals surface area (Å²) in [5.41, 5.74) is 5.49. The third-order valence-corrected chi connectivity index (χ3v) is 4.47. The first-order valence-corrected chi connectivity index (χ1v) is 7.51. The summed E-state index contributed by atoms with van der Waals surface area (Å²) in [5, 5.41) is 0. The zero-order valence-electron chi connectivity index (χ0n) is 11.4. The van der Waals surface area contributed by atoms with E-state index < -0.39 is 0 Å². The van der Waals surface area contributed by atoms with Crippen LogP contribution in [0.5, 0.6) is 0 Å². The molecule has 0 bridgehead atoms. The van der Waals surface area contributed by atoms with Crippen LogP contribution in [0.4, 0.5) is 5.69 Å². The smallest absolute Gasteiger partial charge is 0.0540 e. The lowest BCUT2D eigenvalue weighted by Gasteiger charge is -2.42. The molecule has 2 aromatic carbocycles. The molecule has 0 aromatic heterocycles. The van der Waals surface area contributed by atoms with E-state index in [9.17, 15) is 0 Å². The maximum atomic E-state index is 3.71. The van der Waals surface area contributed by atoms with Crippen molar-refractivity contribution < 1.29 is 0 Å². The van der Waals surface area contributed by atoms with E-state index in [4.69, 9.17) is 0 Å². The number of rotatable bonds is 2. The van der Waals surface area contributed by atoms with Gasteiger partial charge >= 0.3 is 0 Å². The van der Waals surface area contributed by atoms with Gasteiger partial charge in [0.05, 0.1) is 5.69 Å². The Hall–Kier alpha value is -1.28. The van der Waals surface area contributed by atoms with Gasteiger partial charge in [-0.2, -0.15) is 0 Å². The molecule has 0 unspecified atom stereocenters. The minimum absolute atomic E-state index is 0.675. The minimum atomic E-state index is 0.675. The second-order valence-corrected chi connectivity index (χ2v) is 6.28. The van der Waals surface area contributed by atoms with Crippen LogP contribution in [0, 0.1) is 13.8 Å². The Labute approximate surface area is 123 Å². The monoisotopic (exact) mass is 315 g/mol. The molecule has 1 nitrogen and oxygen atoms in total. The highest BCUT2D eigenvalue weighted by Crippen LogP contribution is 2.38. The molecule has 2 aromatic rings. The second-order valence-electron chi connectivity index (χ2n) is 5.42. The molecule has 3 rings (SSSR count). The van der Waals surface area contributed by atoms with Crippen molar-refractivity contribution in [3.63, 3.8) is 0 Å². The molecule has 98 valence electrons. The molecule has 0 saturated carbocycles. The molecule has 1 aliphatic rings. The minimum Gasteiger partial charge on any atom is -0.369 e. The van der Waals surface area contributed by atoms with Gasteiger partial charge < -0.3 is 4.90 Å². The molecule has 1 heterocycles. The molecular formula is C17H18BrN. The molecule has 0 spiro atoms. The predicted molar refractivity (Wildman–Crippen MR) is 85.0 cm³/mol. The second kappa shape index (κ2) is 5.01. The lowest BCUT2D eigenvalue weighted by molar-refractivity contribution is 0.523. The van der Waals surface area contributed by atoms with E-state index in [1.165, 1.54) is 26.9 Å². The summed E-state index contributed by atoms with van der Waals surface area (Å²) in [6, 6.07) is 15.3. The van der Waals surface area contributed by atoms with Gasteiger partial charge in [0.1, 0.15) is 0 Å². The Balaban J connectivity index is 1.78. The SMILES string of the molecule is Cc1cc(C)c(N2CC(c3ccccc3)C2)c(Br)c1. The molecule has 0 amide bonds. The van der Waals surface area contributed by atoms with Crippen LogP contribution in [0.2, 0.25) is 0 Å². The van der Waals surface area contributed by atoms with E-state index in [2.05, 4.69) is 77.1 Å². The molecule has 0 atom stereocenters. The number of benzene rings is 2. The molecule has 1 saturated heterocycles. The summed E-state index contributed by atoms with van der Waals surface area (Å²) in [5.74, 6) is 0.675. The quantitative estimate of drug-likeness (QED) is 0.778. The van der Waals surface area contributed by atoms with Gasteiger partial charge in [-0.05, 0) is 52.5 Å². The van der Waals surface area contributed by atoms with E-state index in [0.717, 1.165) is 13.1 Å². The molecule has 0 aliphatic carbocycles. The molecule has 1 aliphatic heterocycles. The molecule has 0 radical (unpaired) electrons. The topological polar surface area (TPSA) is 3.24 Å². The van der Waals surface area contributed by atoms with Gasteiger partial charge in [-0.15, -0.1) is 0 Å². The van der Waals surface area contributed by atoms with Crippen molar-refractivity contribution in [3.8, 4) is 0 Å². The van der Waals surface area contributed by atoms with Crippen molar-refractivity contribution in [2.24, 2.45) is 0 Å². The summed E-state index contributed by atoms with van der Waals surface area (Å²) in [4.78, 5) is 2.47. The number of nitrogens with zero attached hydrogens (tertiary/aromatic N) is 1. The Bertz CT molecular complexity index is 562. The first kappa shape index (κ1) is 12.7. The van der Waals surface area contributed by atoms with Crippen molar-refractivity contribution in [1.82, 2.24) is 0 Å². The molecule has 0 N–H and O–H groups in total. The lowest BCUT2D eigenvalue weighted by Crippen LogP contribution is -2.45. The van der Waals surface area contributed by atoms with E-state index in [-0.39, 0.29) is 0 Å². The first-order chi connectivity index (χ1) is 9.15. The van der Waals surface area contributed by atoms with Gasteiger partial charge in [-0.1, -0.05) is 36.4 Å². The van der Waals surface area contributed by atoms with Crippen molar-refractivity contribution in [2.75, 3.05) is 18.0 Å². The number of hydrogen-bond donors (Lipinski definition) is 0. The average molecular weight is 316 g/mol. The van der Waals surface area contributed by atoms with Crippen LogP contribution in [-0.2, 0) is 0 Å². The summed E-state index contributed by atoms with van der Waals surface area (Å²) < 4.78 is 1.22. The van der Waals surface area contributed by atoms with Gasteiger partial charge in [-0.25, -0.2) is 0 Å². The number of aryl methyl sites for hydroxylation is 2. The average Bonchev–Trinajstić information content (AvgIpc) is 2.32. The number of hydrogen-bond acceptors (Lipinski definition) is 1. The Kier molecular flexibility index (Phi) is 3.36. The van der Waals surface area contributed by atoms with Gasteiger partial charge in [0, 0.05) is 23.5 Å². The summed E-state index contributed by atoms with van der Waals surface area (Å²) >= 11 is 3.71. The Morgan fingerprint density at radius 3 is 2.37 bits per heavy atom. The summed E-state index contributed by atoms with van der Waals surface area (Å²) in [6.45, 7) is 6.58. The lowest BCUT2D eigenvalue weighted by atomic mass is 9.90. The van der Waals surface area contributed by atoms with Crippen LogP contribution in [0.1, 0.15) is 22.6 Å². The van der Waals surface area contributed by atoms with E-state index in [1.54, 1.807) is 0 Å². The van der Waals surface area contributed by atoms with Crippen LogP contribution in [0.25, 0.3) is 0 Å². The summed E-state index contributed by atoms with van der Waals surface area (Å²) in [6.07, 6.45) is 0. The van der Waals surface area contributed by atoms with Gasteiger partial charge in [0.25, 0.3) is 0 Å². The maximum absolute atomic E-state index is 3.71. The van der Waals surface area contributed by atoms with Crippen molar-refractivity contribution in [1.29, 1.82) is 0 Å². The maximum Gasteiger partial charge on any atom is 0.0540 e. The highest BCUT2D eigenvalue weighted by atomic mass is 79.9. The van der Waals surface area contributed by atoms with E-state index >= 15 is 0 Å². The Morgan fingerprint density at radius 1 is 1.05 bits per heavy atom. The molecule has 1 fully saturated rings. The van der Waals surface area contributed by atoms with Crippen LogP contribution in [0.15, 0.2) is 46.9 Å². The van der Waals surface area contributed by atoms with Crippen molar-refractivity contribution in [3.05, 3.63) is 63.6 Å². The van der Waals surface area contributed by atoms with Crippen LogP contribution >= 0.6 is 15.9 Å². The highest BCUT2D eigenvalue weighted by molar-refractivity contribution is 9.10. The number of anilines is 1.